The van der Waals surface area contributed by atoms with Gasteiger partial charge in [0.1, 0.15) is 5.60 Å². The zero-order valence-corrected chi connectivity index (χ0v) is 14.2. The van der Waals surface area contributed by atoms with E-state index in [1.54, 1.807) is 6.07 Å². The molecule has 4 heteroatoms. The summed E-state index contributed by atoms with van der Waals surface area (Å²) in [5.41, 5.74) is 1.46. The van der Waals surface area contributed by atoms with E-state index in [2.05, 4.69) is 5.32 Å². The van der Waals surface area contributed by atoms with E-state index in [0.717, 1.165) is 24.1 Å². The number of amides is 1. The zero-order valence-electron chi connectivity index (χ0n) is 14.2. The number of hydrogen-bond acceptors (Lipinski definition) is 3. The van der Waals surface area contributed by atoms with Gasteiger partial charge in [-0.2, -0.15) is 0 Å². The molecule has 1 fully saturated rings. The minimum absolute atomic E-state index is 0.159. The van der Waals surface area contributed by atoms with Gasteiger partial charge in [0.15, 0.2) is 0 Å². The number of hydrogen-bond donors (Lipinski definition) is 2. The molecule has 1 aliphatic rings. The monoisotopic (exact) mass is 324 g/mol. The van der Waals surface area contributed by atoms with Crippen molar-refractivity contribution >= 4 is 11.6 Å². The Bertz CT molecular complexity index is 711. The minimum Gasteiger partial charge on any atom is -0.383 e. The van der Waals surface area contributed by atoms with Gasteiger partial charge in [-0.3, -0.25) is 4.79 Å². The van der Waals surface area contributed by atoms with Crippen LogP contribution in [0.15, 0.2) is 54.6 Å². The number of carbonyl (C=O) groups excluding carboxylic acids is 1. The van der Waals surface area contributed by atoms with Crippen molar-refractivity contribution in [2.75, 3.05) is 25.5 Å². The van der Waals surface area contributed by atoms with Crippen molar-refractivity contribution in [2.24, 2.45) is 5.92 Å². The Morgan fingerprint density at radius 1 is 1.17 bits per heavy atom. The first-order valence-corrected chi connectivity index (χ1v) is 8.34. The highest BCUT2D eigenvalue weighted by atomic mass is 16.3. The Morgan fingerprint density at radius 2 is 1.88 bits per heavy atom. The van der Waals surface area contributed by atoms with Gasteiger partial charge in [0.2, 0.25) is 0 Å². The van der Waals surface area contributed by atoms with Gasteiger partial charge in [0.25, 0.3) is 5.91 Å². The van der Waals surface area contributed by atoms with Crippen molar-refractivity contribution in [3.8, 4) is 0 Å². The summed E-state index contributed by atoms with van der Waals surface area (Å²) in [6, 6.07) is 17.1. The van der Waals surface area contributed by atoms with Crippen LogP contribution in [0.2, 0.25) is 0 Å². The van der Waals surface area contributed by atoms with Crippen LogP contribution >= 0.6 is 0 Å². The molecule has 0 saturated heterocycles. The molecule has 3 rings (SSSR count). The van der Waals surface area contributed by atoms with Crippen molar-refractivity contribution in [2.45, 2.75) is 18.4 Å². The van der Waals surface area contributed by atoms with Crippen molar-refractivity contribution in [3.05, 3.63) is 65.7 Å². The molecule has 1 saturated carbocycles. The molecule has 4 nitrogen and oxygen atoms in total. The summed E-state index contributed by atoms with van der Waals surface area (Å²) >= 11 is 0. The third kappa shape index (κ3) is 3.44. The number of nitrogens with one attached hydrogen (secondary N) is 1. The summed E-state index contributed by atoms with van der Waals surface area (Å²) in [5, 5.41) is 14.1. The predicted octanol–water partition coefficient (Wildman–Crippen LogP) is 2.78. The lowest BCUT2D eigenvalue weighted by molar-refractivity contribution is 0.0135. The van der Waals surface area contributed by atoms with Gasteiger partial charge in [-0.15, -0.1) is 0 Å². The van der Waals surface area contributed by atoms with Crippen molar-refractivity contribution in [3.63, 3.8) is 0 Å². The van der Waals surface area contributed by atoms with Crippen LogP contribution in [0.3, 0.4) is 0 Å². The molecule has 0 bridgehead atoms. The first kappa shape index (κ1) is 16.5. The van der Waals surface area contributed by atoms with E-state index in [0.29, 0.717) is 5.56 Å². The van der Waals surface area contributed by atoms with Gasteiger partial charge in [-0.05, 0) is 42.5 Å². The van der Waals surface area contributed by atoms with Gasteiger partial charge in [-0.25, -0.2) is 0 Å². The molecular weight excluding hydrogens is 300 g/mol. The lowest BCUT2D eigenvalue weighted by Crippen LogP contribution is -2.42. The van der Waals surface area contributed by atoms with Crippen LogP contribution in [0.5, 0.6) is 0 Å². The average Bonchev–Trinajstić information content (AvgIpc) is 3.46. The molecule has 1 atom stereocenters. The smallest absolute Gasteiger partial charge is 0.251 e. The van der Waals surface area contributed by atoms with Gasteiger partial charge < -0.3 is 15.3 Å². The average molecular weight is 324 g/mol. The van der Waals surface area contributed by atoms with Gasteiger partial charge in [0.05, 0.1) is 6.54 Å². The fourth-order valence-corrected chi connectivity index (χ4v) is 3.01. The Balaban J connectivity index is 1.73. The molecule has 2 aromatic rings. The number of rotatable bonds is 6. The summed E-state index contributed by atoms with van der Waals surface area (Å²) < 4.78 is 0. The second kappa shape index (κ2) is 6.65. The highest BCUT2D eigenvalue weighted by Gasteiger charge is 2.45. The number of aliphatic hydroxyl groups is 1. The Kier molecular flexibility index (Phi) is 4.58. The van der Waals surface area contributed by atoms with Crippen molar-refractivity contribution in [1.82, 2.24) is 5.32 Å². The van der Waals surface area contributed by atoms with Crippen LogP contribution < -0.4 is 10.2 Å². The van der Waals surface area contributed by atoms with Crippen molar-refractivity contribution in [1.29, 1.82) is 0 Å². The maximum absolute atomic E-state index is 12.5. The fourth-order valence-electron chi connectivity index (χ4n) is 3.01. The molecule has 0 aromatic heterocycles. The van der Waals surface area contributed by atoms with Crippen LogP contribution in [-0.2, 0) is 5.60 Å². The standard InChI is InChI=1S/C20H24N2O2/c1-22(2)18-10-6-7-15(13-18)19(23)21-14-20(24,17-11-12-17)16-8-4-3-5-9-16/h3-10,13,17,24H,11-12,14H2,1-2H3,(H,21,23)/t20-/m0/s1. The quantitative estimate of drug-likeness (QED) is 0.859. The van der Waals surface area contributed by atoms with Crippen LogP contribution in [0.1, 0.15) is 28.8 Å². The first-order chi connectivity index (χ1) is 11.5. The van der Waals surface area contributed by atoms with Gasteiger partial charge >= 0.3 is 0 Å². The van der Waals surface area contributed by atoms with E-state index in [4.69, 9.17) is 0 Å². The van der Waals surface area contributed by atoms with Crippen LogP contribution in [0.4, 0.5) is 5.69 Å². The summed E-state index contributed by atoms with van der Waals surface area (Å²) in [7, 11) is 3.89. The molecule has 0 heterocycles. The van der Waals surface area contributed by atoms with Gasteiger partial charge in [-0.1, -0.05) is 36.4 Å². The molecule has 2 aromatic carbocycles. The van der Waals surface area contributed by atoms with Gasteiger partial charge in [0, 0.05) is 25.3 Å². The number of nitrogens with zero attached hydrogens (tertiary/aromatic N) is 1. The largest absolute Gasteiger partial charge is 0.383 e. The summed E-state index contributed by atoms with van der Waals surface area (Å²) in [5.74, 6) is 0.0574. The number of benzene rings is 2. The topological polar surface area (TPSA) is 52.6 Å². The minimum atomic E-state index is -0.990. The van der Waals surface area contributed by atoms with E-state index in [9.17, 15) is 9.90 Å². The molecule has 0 spiro atoms. The lowest BCUT2D eigenvalue weighted by atomic mass is 9.88. The molecule has 1 aliphatic carbocycles. The van der Waals surface area contributed by atoms with E-state index in [-0.39, 0.29) is 18.4 Å². The summed E-state index contributed by atoms with van der Waals surface area (Å²) in [6.45, 7) is 0.229. The van der Waals surface area contributed by atoms with E-state index in [1.807, 2.05) is 67.5 Å². The highest BCUT2D eigenvalue weighted by Crippen LogP contribution is 2.45. The third-order valence-corrected chi connectivity index (χ3v) is 4.67. The molecule has 0 radical (unpaired) electrons. The molecule has 2 N–H and O–H groups in total. The van der Waals surface area contributed by atoms with Crippen LogP contribution in [-0.4, -0.2) is 31.7 Å². The second-order valence-electron chi connectivity index (χ2n) is 6.69. The Hall–Kier alpha value is -2.33. The fraction of sp³-hybridized carbons (Fsp3) is 0.350. The number of anilines is 1. The maximum atomic E-state index is 12.5. The zero-order chi connectivity index (χ0) is 17.2. The maximum Gasteiger partial charge on any atom is 0.251 e. The normalized spacial score (nSPS) is 16.3. The number of carbonyl (C=O) groups is 1. The summed E-state index contributed by atoms with van der Waals surface area (Å²) in [4.78, 5) is 14.5. The summed E-state index contributed by atoms with van der Waals surface area (Å²) in [6.07, 6.45) is 1.99. The Morgan fingerprint density at radius 3 is 2.50 bits per heavy atom. The molecule has 126 valence electrons. The molecule has 1 amide bonds. The first-order valence-electron chi connectivity index (χ1n) is 8.34. The van der Waals surface area contributed by atoms with E-state index in [1.165, 1.54) is 0 Å². The lowest BCUT2D eigenvalue weighted by Gasteiger charge is -2.29. The highest BCUT2D eigenvalue weighted by molar-refractivity contribution is 5.95. The predicted molar refractivity (Wildman–Crippen MR) is 96.2 cm³/mol. The molecule has 0 unspecified atom stereocenters. The SMILES string of the molecule is CN(C)c1cccc(C(=O)NC[C@](O)(c2ccccc2)C2CC2)c1. The molecule has 24 heavy (non-hydrogen) atoms. The molecular formula is C20H24N2O2. The van der Waals surface area contributed by atoms with E-state index >= 15 is 0 Å². The van der Waals surface area contributed by atoms with Crippen LogP contribution in [0.25, 0.3) is 0 Å². The third-order valence-electron chi connectivity index (χ3n) is 4.67. The Labute approximate surface area is 143 Å². The molecule has 0 aliphatic heterocycles. The van der Waals surface area contributed by atoms with Crippen LogP contribution in [0, 0.1) is 5.92 Å². The van der Waals surface area contributed by atoms with Crippen molar-refractivity contribution < 1.29 is 9.90 Å². The van der Waals surface area contributed by atoms with E-state index < -0.39 is 5.60 Å². The second-order valence-corrected chi connectivity index (χ2v) is 6.69.